The van der Waals surface area contributed by atoms with Gasteiger partial charge in [0.2, 0.25) is 0 Å². The van der Waals surface area contributed by atoms with Crippen LogP contribution in [0.4, 0.5) is 4.79 Å². The van der Waals surface area contributed by atoms with Crippen LogP contribution in [0.2, 0.25) is 5.02 Å². The van der Waals surface area contributed by atoms with Crippen LogP contribution < -0.4 is 4.74 Å². The number of methoxy groups -OCH3 is 1. The molecule has 0 spiro atoms. The molecule has 2 heterocycles. The molecule has 2 atom stereocenters. The lowest BCUT2D eigenvalue weighted by molar-refractivity contribution is 0.116. The summed E-state index contributed by atoms with van der Waals surface area (Å²) in [6.07, 6.45) is 0.319. The standard InChI is InChI=1S/C16H16BrClN2O3/c1-9-5-12(8-20(9)16(21)22-2)23-14-7-10-6-11(18)3-4-13(10)19-15(14)17/h3-4,6-7,9,12H,5,8H2,1-2H3/t9-,12-/m1/s1. The third-order valence-electron chi connectivity index (χ3n) is 3.94. The highest BCUT2D eigenvalue weighted by Gasteiger charge is 2.34. The molecule has 23 heavy (non-hydrogen) atoms. The Balaban J connectivity index is 1.82. The highest BCUT2D eigenvalue weighted by atomic mass is 79.9. The molecule has 0 bridgehead atoms. The number of aromatic nitrogens is 1. The molecule has 0 unspecified atom stereocenters. The number of hydrogen-bond donors (Lipinski definition) is 0. The van der Waals surface area contributed by atoms with Crippen molar-refractivity contribution in [1.82, 2.24) is 9.88 Å². The van der Waals surface area contributed by atoms with Crippen molar-refractivity contribution < 1.29 is 14.3 Å². The topological polar surface area (TPSA) is 51.7 Å². The molecule has 1 saturated heterocycles. The van der Waals surface area contributed by atoms with Crippen molar-refractivity contribution in [2.75, 3.05) is 13.7 Å². The molecule has 7 heteroatoms. The highest BCUT2D eigenvalue weighted by Crippen LogP contribution is 2.31. The van der Waals surface area contributed by atoms with Gasteiger partial charge in [-0.15, -0.1) is 0 Å². The zero-order valence-corrected chi connectivity index (χ0v) is 15.1. The van der Waals surface area contributed by atoms with Crippen LogP contribution in [0, 0.1) is 0 Å². The van der Waals surface area contributed by atoms with E-state index < -0.39 is 0 Å². The van der Waals surface area contributed by atoms with Crippen LogP contribution in [-0.4, -0.2) is 41.8 Å². The molecule has 1 amide bonds. The third kappa shape index (κ3) is 3.38. The van der Waals surface area contributed by atoms with E-state index in [1.54, 1.807) is 11.0 Å². The van der Waals surface area contributed by atoms with Gasteiger partial charge in [-0.05, 0) is 47.1 Å². The number of benzene rings is 1. The minimum absolute atomic E-state index is 0.0779. The average Bonchev–Trinajstić information content (AvgIpc) is 2.88. The van der Waals surface area contributed by atoms with E-state index in [2.05, 4.69) is 20.9 Å². The molecule has 0 saturated carbocycles. The zero-order valence-electron chi connectivity index (χ0n) is 12.8. The number of nitrogens with zero attached hydrogens (tertiary/aromatic N) is 2. The number of carbonyl (C=O) groups is 1. The SMILES string of the molecule is COC(=O)N1C[C@H](Oc2cc3cc(Cl)ccc3nc2Br)C[C@H]1C. The van der Waals surface area contributed by atoms with Gasteiger partial charge in [0.05, 0.1) is 19.2 Å². The first-order chi connectivity index (χ1) is 11.0. The van der Waals surface area contributed by atoms with Gasteiger partial charge < -0.3 is 14.4 Å². The lowest BCUT2D eigenvalue weighted by Gasteiger charge is -2.19. The van der Waals surface area contributed by atoms with Gasteiger partial charge in [0.1, 0.15) is 10.7 Å². The first kappa shape index (κ1) is 16.3. The van der Waals surface area contributed by atoms with E-state index in [9.17, 15) is 4.79 Å². The number of rotatable bonds is 2. The maximum Gasteiger partial charge on any atom is 0.409 e. The number of halogens is 2. The van der Waals surface area contributed by atoms with Crippen molar-refractivity contribution in [2.24, 2.45) is 0 Å². The molecule has 122 valence electrons. The highest BCUT2D eigenvalue weighted by molar-refractivity contribution is 9.10. The fraction of sp³-hybridized carbons (Fsp3) is 0.375. The average molecular weight is 400 g/mol. The van der Waals surface area contributed by atoms with Crippen molar-refractivity contribution in [3.8, 4) is 5.75 Å². The molecular weight excluding hydrogens is 384 g/mol. The van der Waals surface area contributed by atoms with Crippen molar-refractivity contribution in [2.45, 2.75) is 25.5 Å². The Bertz CT molecular complexity index is 755. The summed E-state index contributed by atoms with van der Waals surface area (Å²) < 4.78 is 11.5. The molecule has 1 aliphatic heterocycles. The summed E-state index contributed by atoms with van der Waals surface area (Å²) in [7, 11) is 1.39. The summed E-state index contributed by atoms with van der Waals surface area (Å²) in [5, 5.41) is 1.56. The minimum Gasteiger partial charge on any atom is -0.486 e. The second-order valence-electron chi connectivity index (χ2n) is 5.56. The Kier molecular flexibility index (Phi) is 4.64. The van der Waals surface area contributed by atoms with E-state index in [0.717, 1.165) is 17.3 Å². The number of likely N-dealkylation sites (tertiary alicyclic amines) is 1. The lowest BCUT2D eigenvalue weighted by Crippen LogP contribution is -2.34. The number of pyridine rings is 1. The van der Waals surface area contributed by atoms with Gasteiger partial charge in [0.25, 0.3) is 0 Å². The molecule has 0 aliphatic carbocycles. The summed E-state index contributed by atoms with van der Waals surface area (Å²) in [6, 6.07) is 7.50. The summed E-state index contributed by atoms with van der Waals surface area (Å²) in [6.45, 7) is 2.47. The quantitative estimate of drug-likeness (QED) is 0.708. The number of fused-ring (bicyclic) bond motifs is 1. The molecule has 1 aromatic carbocycles. The summed E-state index contributed by atoms with van der Waals surface area (Å²) in [5.74, 6) is 0.642. The van der Waals surface area contributed by atoms with Gasteiger partial charge in [-0.3, -0.25) is 0 Å². The van der Waals surface area contributed by atoms with Crippen molar-refractivity contribution >= 4 is 44.5 Å². The van der Waals surface area contributed by atoms with Crippen LogP contribution in [-0.2, 0) is 4.74 Å². The largest absolute Gasteiger partial charge is 0.486 e. The van der Waals surface area contributed by atoms with E-state index >= 15 is 0 Å². The Labute approximate surface area is 147 Å². The van der Waals surface area contributed by atoms with Gasteiger partial charge in [0.15, 0.2) is 5.75 Å². The molecule has 0 N–H and O–H groups in total. The summed E-state index contributed by atoms with van der Waals surface area (Å²) in [4.78, 5) is 17.9. The van der Waals surface area contributed by atoms with Gasteiger partial charge >= 0.3 is 6.09 Å². The molecule has 2 aromatic rings. The van der Waals surface area contributed by atoms with Gasteiger partial charge in [0, 0.05) is 22.9 Å². The van der Waals surface area contributed by atoms with E-state index in [4.69, 9.17) is 21.1 Å². The van der Waals surface area contributed by atoms with Crippen LogP contribution in [0.15, 0.2) is 28.9 Å². The summed E-state index contributed by atoms with van der Waals surface area (Å²) >= 11 is 9.47. The van der Waals surface area contributed by atoms with E-state index in [1.807, 2.05) is 25.1 Å². The first-order valence-electron chi connectivity index (χ1n) is 7.25. The van der Waals surface area contributed by atoms with Crippen molar-refractivity contribution in [3.63, 3.8) is 0 Å². The molecule has 1 aromatic heterocycles. The van der Waals surface area contributed by atoms with Gasteiger partial charge in [-0.1, -0.05) is 11.6 Å². The third-order valence-corrected chi connectivity index (χ3v) is 4.74. The van der Waals surface area contributed by atoms with Crippen molar-refractivity contribution in [3.05, 3.63) is 33.9 Å². The molecule has 5 nitrogen and oxygen atoms in total. The fourth-order valence-electron chi connectivity index (χ4n) is 2.81. The van der Waals surface area contributed by atoms with Crippen LogP contribution in [0.1, 0.15) is 13.3 Å². The van der Waals surface area contributed by atoms with E-state index in [1.165, 1.54) is 7.11 Å². The predicted molar refractivity (Wildman–Crippen MR) is 92.1 cm³/mol. The van der Waals surface area contributed by atoms with Gasteiger partial charge in [-0.25, -0.2) is 9.78 Å². The number of ether oxygens (including phenoxy) is 2. The van der Waals surface area contributed by atoms with E-state index in [0.29, 0.717) is 21.9 Å². The maximum absolute atomic E-state index is 11.7. The van der Waals surface area contributed by atoms with Gasteiger partial charge in [-0.2, -0.15) is 0 Å². The second-order valence-corrected chi connectivity index (χ2v) is 6.75. The molecular formula is C16H16BrClN2O3. The maximum atomic E-state index is 11.7. The molecule has 1 aliphatic rings. The Hall–Kier alpha value is -1.53. The summed E-state index contributed by atoms with van der Waals surface area (Å²) in [5.41, 5.74) is 0.838. The number of hydrogen-bond acceptors (Lipinski definition) is 4. The van der Waals surface area contributed by atoms with Crippen molar-refractivity contribution in [1.29, 1.82) is 0 Å². The van der Waals surface area contributed by atoms with E-state index in [-0.39, 0.29) is 18.2 Å². The Morgan fingerprint density at radius 3 is 2.96 bits per heavy atom. The van der Waals surface area contributed by atoms with Crippen LogP contribution in [0.5, 0.6) is 5.75 Å². The van der Waals surface area contributed by atoms with Crippen LogP contribution in [0.3, 0.4) is 0 Å². The number of amides is 1. The smallest absolute Gasteiger partial charge is 0.409 e. The normalized spacial score (nSPS) is 20.8. The first-order valence-corrected chi connectivity index (χ1v) is 8.42. The second kappa shape index (κ2) is 6.53. The fourth-order valence-corrected chi connectivity index (χ4v) is 3.38. The lowest BCUT2D eigenvalue weighted by atomic mass is 10.2. The minimum atomic E-state index is -0.328. The molecule has 3 rings (SSSR count). The van der Waals surface area contributed by atoms with Crippen LogP contribution >= 0.6 is 27.5 Å². The molecule has 1 fully saturated rings. The predicted octanol–water partition coefficient (Wildman–Crippen LogP) is 4.26. The zero-order chi connectivity index (χ0) is 16.6. The van der Waals surface area contributed by atoms with Crippen LogP contribution in [0.25, 0.3) is 10.9 Å². The molecule has 0 radical (unpaired) electrons. The monoisotopic (exact) mass is 398 g/mol. The Morgan fingerprint density at radius 1 is 1.43 bits per heavy atom. The Morgan fingerprint density at radius 2 is 2.22 bits per heavy atom. The number of carbonyl (C=O) groups excluding carboxylic acids is 1.